The first-order chi connectivity index (χ1) is 20.8. The standard InChI is InChI=1S/C35H56O10/c1-30(2)11-12-35(29(42)43)19(13-30)18-7-8-22-31(3)10-9-24(45-28-26(41)25(40)21(38)16-44-28)32(4,17-36)27(31)20(37)14-34(22,6)33(18,5)15-23(35)39/h7,19-28,36-41H,8-17H2,1-6H3,(H,42,43)/t19?,20?,21-,22?,23+,24-,25-,26+,27?,28-,31+,32+,33+,34+,35+/m0/s1. The zero-order chi connectivity index (χ0) is 33.1. The number of hydrogen-bond acceptors (Lipinski definition) is 9. The average Bonchev–Trinajstić information content (AvgIpc) is 2.94. The number of carboxylic acids is 1. The van der Waals surface area contributed by atoms with Gasteiger partial charge in [0.1, 0.15) is 23.7 Å². The van der Waals surface area contributed by atoms with Gasteiger partial charge in [-0.05, 0) is 84.9 Å². The van der Waals surface area contributed by atoms with E-state index in [0.717, 1.165) is 18.4 Å². The van der Waals surface area contributed by atoms with Crippen molar-refractivity contribution in [2.75, 3.05) is 13.2 Å². The fourth-order valence-electron chi connectivity index (χ4n) is 12.2. The van der Waals surface area contributed by atoms with Crippen LogP contribution in [0, 0.1) is 50.2 Å². The van der Waals surface area contributed by atoms with Crippen LogP contribution in [0.3, 0.4) is 0 Å². The summed E-state index contributed by atoms with van der Waals surface area (Å²) in [6.07, 6.45) is -0.763. The number of hydrogen-bond donors (Lipinski definition) is 7. The molecule has 10 nitrogen and oxygen atoms in total. The minimum Gasteiger partial charge on any atom is -0.481 e. The average molecular weight is 637 g/mol. The third kappa shape index (κ3) is 4.45. The lowest BCUT2D eigenvalue weighted by molar-refractivity contribution is -0.320. The van der Waals surface area contributed by atoms with Gasteiger partial charge >= 0.3 is 5.97 Å². The largest absolute Gasteiger partial charge is 0.481 e. The topological polar surface area (TPSA) is 177 Å². The molecule has 6 rings (SSSR count). The highest BCUT2D eigenvalue weighted by Gasteiger charge is 2.73. The van der Waals surface area contributed by atoms with E-state index in [-0.39, 0.29) is 36.4 Å². The second-order valence-corrected chi connectivity index (χ2v) is 17.5. The summed E-state index contributed by atoms with van der Waals surface area (Å²) in [5.41, 5.74) is -2.40. The monoisotopic (exact) mass is 636 g/mol. The van der Waals surface area contributed by atoms with Crippen LogP contribution >= 0.6 is 0 Å². The van der Waals surface area contributed by atoms with Crippen molar-refractivity contribution in [3.8, 4) is 0 Å². The molecule has 1 aliphatic heterocycles. The first kappa shape index (κ1) is 33.8. The molecule has 256 valence electrons. The molecule has 7 N–H and O–H groups in total. The maximum Gasteiger partial charge on any atom is 0.312 e. The molecule has 0 aromatic carbocycles. The van der Waals surface area contributed by atoms with Gasteiger partial charge in [-0.1, -0.05) is 53.2 Å². The first-order valence-corrected chi connectivity index (χ1v) is 17.0. The van der Waals surface area contributed by atoms with Crippen LogP contribution in [0.25, 0.3) is 0 Å². The maximum absolute atomic E-state index is 13.0. The second kappa shape index (κ2) is 10.7. The SMILES string of the molecule is CC1(C)CC[C@@]2(C(=O)O)C(C1)C1=CCC3[C@@]4(C)CC[C@H](O[C@@H]5OC[C@H](O)[C@H](O)[C@H]5O)[C@@](C)(CO)C4C(O)C[C@@]3(C)[C@]1(C)C[C@H]2O. The van der Waals surface area contributed by atoms with Gasteiger partial charge < -0.3 is 45.2 Å². The number of ether oxygens (including phenoxy) is 2. The Morgan fingerprint density at radius 3 is 2.27 bits per heavy atom. The Hall–Kier alpha value is -1.11. The van der Waals surface area contributed by atoms with Crippen LogP contribution in [0.1, 0.15) is 92.9 Å². The third-order valence-corrected chi connectivity index (χ3v) is 14.8. The van der Waals surface area contributed by atoms with Gasteiger partial charge in [0.2, 0.25) is 0 Å². The lowest BCUT2D eigenvalue weighted by Gasteiger charge is -2.72. The number of allylic oxidation sites excluding steroid dienone is 2. The predicted octanol–water partition coefficient (Wildman–Crippen LogP) is 2.61. The highest BCUT2D eigenvalue weighted by molar-refractivity contribution is 5.77. The number of aliphatic hydroxyl groups is 6. The molecule has 1 saturated heterocycles. The molecule has 6 aliphatic rings. The van der Waals surface area contributed by atoms with Crippen molar-refractivity contribution >= 4 is 5.97 Å². The molecule has 45 heavy (non-hydrogen) atoms. The van der Waals surface area contributed by atoms with Crippen LogP contribution in [0.5, 0.6) is 0 Å². The summed E-state index contributed by atoms with van der Waals surface area (Å²) >= 11 is 0. The Morgan fingerprint density at radius 1 is 0.933 bits per heavy atom. The molecule has 15 atom stereocenters. The Kier molecular flexibility index (Phi) is 8.03. The van der Waals surface area contributed by atoms with Gasteiger partial charge in [0.15, 0.2) is 6.29 Å². The lowest BCUT2D eigenvalue weighted by atomic mass is 9.32. The van der Waals surface area contributed by atoms with E-state index < -0.39 is 76.0 Å². The van der Waals surface area contributed by atoms with Crippen molar-refractivity contribution in [3.63, 3.8) is 0 Å². The summed E-state index contributed by atoms with van der Waals surface area (Å²) in [5, 5.41) is 76.4. The maximum atomic E-state index is 13.0. The molecule has 5 aliphatic carbocycles. The summed E-state index contributed by atoms with van der Waals surface area (Å²) in [7, 11) is 0. The lowest BCUT2D eigenvalue weighted by Crippen LogP contribution is -2.71. The molecular weight excluding hydrogens is 580 g/mol. The van der Waals surface area contributed by atoms with Gasteiger partial charge in [0.25, 0.3) is 0 Å². The Bertz CT molecular complexity index is 1220. The Labute approximate surface area is 266 Å². The van der Waals surface area contributed by atoms with Gasteiger partial charge in [0, 0.05) is 11.3 Å². The molecule has 0 amide bonds. The fraction of sp³-hybridized carbons (Fsp3) is 0.914. The van der Waals surface area contributed by atoms with E-state index in [0.29, 0.717) is 38.5 Å². The number of carbonyl (C=O) groups is 1. The molecule has 5 fully saturated rings. The molecular formula is C35H56O10. The van der Waals surface area contributed by atoms with Crippen LogP contribution in [-0.2, 0) is 14.3 Å². The van der Waals surface area contributed by atoms with Gasteiger partial charge in [-0.2, -0.15) is 0 Å². The van der Waals surface area contributed by atoms with Crippen molar-refractivity contribution in [2.45, 2.75) is 136 Å². The molecule has 4 saturated carbocycles. The van der Waals surface area contributed by atoms with E-state index in [1.54, 1.807) is 0 Å². The molecule has 0 aromatic heterocycles. The van der Waals surface area contributed by atoms with Gasteiger partial charge in [-0.25, -0.2) is 0 Å². The smallest absolute Gasteiger partial charge is 0.312 e. The number of carboxylic acid groups (broad SMARTS) is 1. The van der Waals surface area contributed by atoms with Gasteiger partial charge in [-0.3, -0.25) is 4.79 Å². The molecule has 0 radical (unpaired) electrons. The van der Waals surface area contributed by atoms with E-state index in [1.165, 1.54) is 0 Å². The predicted molar refractivity (Wildman–Crippen MR) is 163 cm³/mol. The highest BCUT2D eigenvalue weighted by Crippen LogP contribution is 2.76. The Balaban J connectivity index is 1.37. The normalized spacial score (nSPS) is 55.8. The summed E-state index contributed by atoms with van der Waals surface area (Å²) in [4.78, 5) is 13.0. The third-order valence-electron chi connectivity index (χ3n) is 14.8. The van der Waals surface area contributed by atoms with Crippen molar-refractivity contribution in [1.29, 1.82) is 0 Å². The van der Waals surface area contributed by atoms with E-state index in [4.69, 9.17) is 9.47 Å². The second-order valence-electron chi connectivity index (χ2n) is 17.5. The van der Waals surface area contributed by atoms with Crippen LogP contribution in [0.4, 0.5) is 0 Å². The Morgan fingerprint density at radius 2 is 1.62 bits per heavy atom. The van der Waals surface area contributed by atoms with Crippen molar-refractivity contribution < 1.29 is 50.0 Å². The van der Waals surface area contributed by atoms with Crippen LogP contribution in [-0.4, -0.2) is 97.8 Å². The van der Waals surface area contributed by atoms with E-state index in [1.807, 2.05) is 6.92 Å². The van der Waals surface area contributed by atoms with E-state index >= 15 is 0 Å². The van der Waals surface area contributed by atoms with Crippen molar-refractivity contribution in [1.82, 2.24) is 0 Å². The van der Waals surface area contributed by atoms with Gasteiger partial charge in [-0.15, -0.1) is 0 Å². The van der Waals surface area contributed by atoms with E-state index in [9.17, 15) is 40.5 Å². The zero-order valence-electron chi connectivity index (χ0n) is 27.8. The highest BCUT2D eigenvalue weighted by atomic mass is 16.7. The fourth-order valence-corrected chi connectivity index (χ4v) is 12.2. The molecule has 4 unspecified atom stereocenters. The summed E-state index contributed by atoms with van der Waals surface area (Å²) < 4.78 is 11.9. The minimum absolute atomic E-state index is 0.0472. The summed E-state index contributed by atoms with van der Waals surface area (Å²) in [6, 6.07) is 0. The van der Waals surface area contributed by atoms with Crippen LogP contribution < -0.4 is 0 Å². The minimum atomic E-state index is -1.45. The van der Waals surface area contributed by atoms with Crippen molar-refractivity contribution in [2.24, 2.45) is 50.2 Å². The van der Waals surface area contributed by atoms with Gasteiger partial charge in [0.05, 0.1) is 31.5 Å². The first-order valence-electron chi connectivity index (χ1n) is 17.0. The summed E-state index contributed by atoms with van der Waals surface area (Å²) in [6.45, 7) is 12.5. The zero-order valence-corrected chi connectivity index (χ0v) is 27.8. The molecule has 1 heterocycles. The van der Waals surface area contributed by atoms with Crippen LogP contribution in [0.15, 0.2) is 11.6 Å². The quantitative estimate of drug-likeness (QED) is 0.179. The molecule has 0 spiro atoms. The number of fused-ring (bicyclic) bond motifs is 7. The van der Waals surface area contributed by atoms with Crippen LogP contribution in [0.2, 0.25) is 0 Å². The summed E-state index contributed by atoms with van der Waals surface area (Å²) in [5.74, 6) is -1.46. The van der Waals surface area contributed by atoms with Crippen molar-refractivity contribution in [3.05, 3.63) is 11.6 Å². The molecule has 0 bridgehead atoms. The molecule has 10 heteroatoms. The van der Waals surface area contributed by atoms with E-state index in [2.05, 4.69) is 40.7 Å². The molecule has 0 aromatic rings. The number of aliphatic hydroxyl groups excluding tert-OH is 6. The number of rotatable bonds is 4. The number of aliphatic carboxylic acids is 1.